The molecule has 1 heterocycles. The number of hydrogen-bond donors (Lipinski definition) is 0. The Kier molecular flexibility index (Phi) is 2.66. The average Bonchev–Trinajstić information content (AvgIpc) is 2.28. The molecule has 1 atom stereocenters. The molecule has 1 aromatic rings. The van der Waals surface area contributed by atoms with Crippen molar-refractivity contribution in [3.8, 4) is 11.5 Å². The maximum absolute atomic E-state index is 10.6. The lowest BCUT2D eigenvalue weighted by molar-refractivity contribution is -0.385. The Morgan fingerprint density at radius 2 is 2.12 bits per heavy atom. The van der Waals surface area contributed by atoms with Crippen LogP contribution < -0.4 is 9.47 Å². The maximum Gasteiger partial charge on any atom is 0.273 e. The van der Waals surface area contributed by atoms with Gasteiger partial charge in [-0.3, -0.25) is 15.0 Å². The first-order valence-corrected chi connectivity index (χ1v) is 5.20. The molecule has 1 aliphatic heterocycles. The number of likely N-dealkylation sites (N-methyl/N-ethyl adjacent to an activating group) is 1. The molecule has 0 radical (unpaired) electrons. The quantitative estimate of drug-likeness (QED) is 0.579. The van der Waals surface area contributed by atoms with Gasteiger partial charge >= 0.3 is 0 Å². The third-order valence-electron chi connectivity index (χ3n) is 2.91. The van der Waals surface area contributed by atoms with Crippen LogP contribution in [0.4, 0.5) is 5.69 Å². The van der Waals surface area contributed by atoms with E-state index in [0.29, 0.717) is 18.1 Å². The van der Waals surface area contributed by atoms with Gasteiger partial charge in [-0.15, -0.1) is 0 Å². The van der Waals surface area contributed by atoms with E-state index >= 15 is 0 Å². The Bertz CT molecular complexity index is 461. The zero-order valence-electron chi connectivity index (χ0n) is 9.97. The van der Waals surface area contributed by atoms with Crippen molar-refractivity contribution in [1.82, 2.24) is 4.90 Å². The summed E-state index contributed by atoms with van der Waals surface area (Å²) in [6, 6.07) is 4.35. The minimum absolute atomic E-state index is 0.000746. The molecule has 2 rings (SSSR count). The lowest BCUT2D eigenvalue weighted by Crippen LogP contribution is -2.53. The van der Waals surface area contributed by atoms with Crippen molar-refractivity contribution in [2.75, 3.05) is 20.7 Å². The SMILES string of the molecule is CN(C)C1(C)COc2cc([N+](=O)[O-])ccc2O1. The van der Waals surface area contributed by atoms with Crippen LogP contribution in [0.2, 0.25) is 0 Å². The van der Waals surface area contributed by atoms with Gasteiger partial charge in [0.05, 0.1) is 11.0 Å². The summed E-state index contributed by atoms with van der Waals surface area (Å²) in [6.45, 7) is 2.23. The van der Waals surface area contributed by atoms with Gasteiger partial charge in [0.15, 0.2) is 17.2 Å². The van der Waals surface area contributed by atoms with Crippen molar-refractivity contribution in [1.29, 1.82) is 0 Å². The van der Waals surface area contributed by atoms with Gasteiger partial charge < -0.3 is 9.47 Å². The zero-order chi connectivity index (χ0) is 12.6. The summed E-state index contributed by atoms with van der Waals surface area (Å²) in [6.07, 6.45) is 0. The van der Waals surface area contributed by atoms with Crippen LogP contribution in [0, 0.1) is 10.1 Å². The summed E-state index contributed by atoms with van der Waals surface area (Å²) in [5.41, 5.74) is -0.552. The number of rotatable bonds is 2. The number of non-ortho nitro benzene ring substituents is 1. The molecule has 1 aliphatic rings. The van der Waals surface area contributed by atoms with E-state index in [-0.39, 0.29) is 5.69 Å². The van der Waals surface area contributed by atoms with Crippen LogP contribution in [0.25, 0.3) is 0 Å². The minimum Gasteiger partial charge on any atom is -0.484 e. The Balaban J connectivity index is 2.32. The van der Waals surface area contributed by atoms with Gasteiger partial charge in [-0.1, -0.05) is 0 Å². The van der Waals surface area contributed by atoms with Crippen molar-refractivity contribution in [3.63, 3.8) is 0 Å². The van der Waals surface area contributed by atoms with E-state index in [2.05, 4.69) is 0 Å². The number of hydrogen-bond acceptors (Lipinski definition) is 5. The second-order valence-corrected chi connectivity index (χ2v) is 4.35. The summed E-state index contributed by atoms with van der Waals surface area (Å²) in [4.78, 5) is 12.1. The van der Waals surface area contributed by atoms with E-state index in [1.54, 1.807) is 6.07 Å². The van der Waals surface area contributed by atoms with Crippen LogP contribution in [0.15, 0.2) is 18.2 Å². The highest BCUT2D eigenvalue weighted by Crippen LogP contribution is 2.38. The second-order valence-electron chi connectivity index (χ2n) is 4.35. The number of nitro groups is 1. The molecule has 0 aromatic heterocycles. The molecule has 92 valence electrons. The van der Waals surface area contributed by atoms with Gasteiger partial charge in [-0.05, 0) is 27.1 Å². The number of nitro benzene ring substituents is 1. The highest BCUT2D eigenvalue weighted by atomic mass is 16.6. The molecule has 6 heteroatoms. The van der Waals surface area contributed by atoms with Crippen LogP contribution in [-0.4, -0.2) is 36.3 Å². The predicted octanol–water partition coefficient (Wildman–Crippen LogP) is 1.64. The number of nitrogens with zero attached hydrogens (tertiary/aromatic N) is 2. The molecule has 0 fully saturated rings. The van der Waals surface area contributed by atoms with Crippen molar-refractivity contribution in [2.45, 2.75) is 12.6 Å². The highest BCUT2D eigenvalue weighted by Gasteiger charge is 2.35. The molecule has 6 nitrogen and oxygen atoms in total. The molecule has 0 amide bonds. The molecule has 1 unspecified atom stereocenters. The van der Waals surface area contributed by atoms with E-state index in [9.17, 15) is 10.1 Å². The summed E-state index contributed by atoms with van der Waals surface area (Å²) in [5.74, 6) is 0.941. The third-order valence-corrected chi connectivity index (χ3v) is 2.91. The summed E-state index contributed by atoms with van der Waals surface area (Å²) >= 11 is 0. The third kappa shape index (κ3) is 2.03. The van der Waals surface area contributed by atoms with Gasteiger partial charge in [0.2, 0.25) is 0 Å². The van der Waals surface area contributed by atoms with E-state index < -0.39 is 10.6 Å². The number of ether oxygens (including phenoxy) is 2. The lowest BCUT2D eigenvalue weighted by Gasteiger charge is -2.39. The van der Waals surface area contributed by atoms with Crippen LogP contribution in [-0.2, 0) is 0 Å². The van der Waals surface area contributed by atoms with Gasteiger partial charge in [0.25, 0.3) is 5.69 Å². The van der Waals surface area contributed by atoms with Gasteiger partial charge in [0, 0.05) is 6.07 Å². The smallest absolute Gasteiger partial charge is 0.273 e. The van der Waals surface area contributed by atoms with Gasteiger partial charge in [-0.2, -0.15) is 0 Å². The molecular weight excluding hydrogens is 224 g/mol. The van der Waals surface area contributed by atoms with Crippen LogP contribution in [0.1, 0.15) is 6.92 Å². The molecule has 0 aliphatic carbocycles. The van der Waals surface area contributed by atoms with E-state index in [1.807, 2.05) is 25.9 Å². The molecule has 0 N–H and O–H groups in total. The molecule has 0 saturated heterocycles. The Morgan fingerprint density at radius 3 is 2.71 bits per heavy atom. The standard InChI is InChI=1S/C11H14N2O4/c1-11(12(2)3)7-16-10-6-8(13(14)15)4-5-9(10)17-11/h4-6H,7H2,1-3H3. The fraction of sp³-hybridized carbons (Fsp3) is 0.455. The van der Waals surface area contributed by atoms with E-state index in [1.165, 1.54) is 12.1 Å². The van der Waals surface area contributed by atoms with Crippen molar-refractivity contribution in [3.05, 3.63) is 28.3 Å². The molecule has 0 saturated carbocycles. The Hall–Kier alpha value is -1.82. The first-order valence-electron chi connectivity index (χ1n) is 5.20. The Labute approximate surface area is 98.9 Å². The second kappa shape index (κ2) is 3.89. The molecule has 0 bridgehead atoms. The predicted molar refractivity (Wildman–Crippen MR) is 61.3 cm³/mol. The maximum atomic E-state index is 10.6. The molecular formula is C11H14N2O4. The average molecular weight is 238 g/mol. The van der Waals surface area contributed by atoms with Crippen molar-refractivity contribution >= 4 is 5.69 Å². The zero-order valence-corrected chi connectivity index (χ0v) is 9.97. The first-order chi connectivity index (χ1) is 7.92. The highest BCUT2D eigenvalue weighted by molar-refractivity contribution is 5.49. The van der Waals surface area contributed by atoms with Crippen LogP contribution >= 0.6 is 0 Å². The van der Waals surface area contributed by atoms with Crippen LogP contribution in [0.3, 0.4) is 0 Å². The van der Waals surface area contributed by atoms with Crippen molar-refractivity contribution < 1.29 is 14.4 Å². The fourth-order valence-corrected chi connectivity index (χ4v) is 1.51. The molecule has 0 spiro atoms. The summed E-state index contributed by atoms with van der Waals surface area (Å²) < 4.78 is 11.3. The molecule has 1 aromatic carbocycles. The van der Waals surface area contributed by atoms with Crippen LogP contribution in [0.5, 0.6) is 11.5 Å². The fourth-order valence-electron chi connectivity index (χ4n) is 1.51. The normalized spacial score (nSPS) is 22.6. The number of benzene rings is 1. The molecule has 17 heavy (non-hydrogen) atoms. The topological polar surface area (TPSA) is 64.8 Å². The van der Waals surface area contributed by atoms with E-state index in [4.69, 9.17) is 9.47 Å². The monoisotopic (exact) mass is 238 g/mol. The number of fused-ring (bicyclic) bond motifs is 1. The van der Waals surface area contributed by atoms with E-state index in [0.717, 1.165) is 0 Å². The summed E-state index contributed by atoms with van der Waals surface area (Å²) in [5, 5.41) is 10.6. The largest absolute Gasteiger partial charge is 0.484 e. The lowest BCUT2D eigenvalue weighted by atomic mass is 10.2. The van der Waals surface area contributed by atoms with Gasteiger partial charge in [0.1, 0.15) is 6.61 Å². The van der Waals surface area contributed by atoms with Crippen molar-refractivity contribution in [2.24, 2.45) is 0 Å². The first kappa shape index (κ1) is 11.7. The Morgan fingerprint density at radius 1 is 1.41 bits per heavy atom. The summed E-state index contributed by atoms with van der Waals surface area (Å²) in [7, 11) is 3.78. The minimum atomic E-state index is -0.552. The van der Waals surface area contributed by atoms with Gasteiger partial charge in [-0.25, -0.2) is 0 Å².